The van der Waals surface area contributed by atoms with E-state index in [4.69, 9.17) is 16.1 Å². The van der Waals surface area contributed by atoms with E-state index in [9.17, 15) is 0 Å². The molecule has 108 valence electrons. The third-order valence-electron chi connectivity index (χ3n) is 3.11. The molecule has 1 N–H and O–H groups in total. The molecule has 2 aromatic rings. The van der Waals surface area contributed by atoms with E-state index in [-0.39, 0.29) is 0 Å². The van der Waals surface area contributed by atoms with E-state index in [1.54, 1.807) is 0 Å². The number of hydrogen-bond donors (Lipinski definition) is 1. The van der Waals surface area contributed by atoms with Crippen LogP contribution in [0, 0.1) is 0 Å². The standard InChI is InChI=1S/C15H20ClN3O/c1-3-17-11(2)7-8-15-18-14(19-20-15)10-12-5-4-6-13(16)9-12/h4-6,9,11,17H,3,7-8,10H2,1-2H3. The summed E-state index contributed by atoms with van der Waals surface area (Å²) < 4.78 is 5.27. The fourth-order valence-corrected chi connectivity index (χ4v) is 2.30. The Kier molecular flexibility index (Phi) is 5.56. The molecule has 1 atom stereocenters. The van der Waals surface area contributed by atoms with Crippen LogP contribution in [0.15, 0.2) is 28.8 Å². The summed E-state index contributed by atoms with van der Waals surface area (Å²) in [4.78, 5) is 4.42. The van der Waals surface area contributed by atoms with Gasteiger partial charge >= 0.3 is 0 Å². The van der Waals surface area contributed by atoms with E-state index in [1.807, 2.05) is 24.3 Å². The SMILES string of the molecule is CCNC(C)CCc1nc(Cc2cccc(Cl)c2)no1. The maximum absolute atomic E-state index is 5.96. The van der Waals surface area contributed by atoms with Crippen LogP contribution in [-0.2, 0) is 12.8 Å². The van der Waals surface area contributed by atoms with Crippen molar-refractivity contribution < 1.29 is 4.52 Å². The average molecular weight is 294 g/mol. The van der Waals surface area contributed by atoms with E-state index in [0.29, 0.717) is 24.2 Å². The topological polar surface area (TPSA) is 51.0 Å². The van der Waals surface area contributed by atoms with Gasteiger partial charge in [0.05, 0.1) is 0 Å². The lowest BCUT2D eigenvalue weighted by Gasteiger charge is -2.09. The first kappa shape index (κ1) is 15.0. The summed E-state index contributed by atoms with van der Waals surface area (Å²) >= 11 is 5.96. The minimum absolute atomic E-state index is 0.461. The lowest BCUT2D eigenvalue weighted by atomic mass is 10.1. The van der Waals surface area contributed by atoms with Gasteiger partial charge in [-0.3, -0.25) is 0 Å². The molecule has 0 saturated heterocycles. The van der Waals surface area contributed by atoms with Crippen LogP contribution in [0.3, 0.4) is 0 Å². The predicted molar refractivity (Wildman–Crippen MR) is 80.0 cm³/mol. The minimum Gasteiger partial charge on any atom is -0.339 e. The Hall–Kier alpha value is -1.39. The van der Waals surface area contributed by atoms with Crippen molar-refractivity contribution in [3.8, 4) is 0 Å². The second-order valence-electron chi connectivity index (χ2n) is 4.91. The third-order valence-corrected chi connectivity index (χ3v) is 3.34. The summed E-state index contributed by atoms with van der Waals surface area (Å²) in [5.74, 6) is 1.41. The van der Waals surface area contributed by atoms with Crippen LogP contribution in [-0.4, -0.2) is 22.7 Å². The molecule has 5 heteroatoms. The Morgan fingerprint density at radius 3 is 3.00 bits per heavy atom. The van der Waals surface area contributed by atoms with Crippen molar-refractivity contribution in [3.63, 3.8) is 0 Å². The molecule has 0 aliphatic heterocycles. The number of aromatic nitrogens is 2. The number of aryl methyl sites for hydroxylation is 1. The van der Waals surface area contributed by atoms with E-state index in [0.717, 1.165) is 30.0 Å². The highest BCUT2D eigenvalue weighted by atomic mass is 35.5. The molecule has 1 aromatic carbocycles. The van der Waals surface area contributed by atoms with Crippen LogP contribution in [0.2, 0.25) is 5.02 Å². The monoisotopic (exact) mass is 293 g/mol. The normalized spacial score (nSPS) is 12.6. The van der Waals surface area contributed by atoms with E-state index in [1.165, 1.54) is 0 Å². The van der Waals surface area contributed by atoms with Crippen molar-refractivity contribution in [3.05, 3.63) is 46.6 Å². The van der Waals surface area contributed by atoms with Crippen molar-refractivity contribution in [2.75, 3.05) is 6.54 Å². The van der Waals surface area contributed by atoms with Gasteiger partial charge in [0.25, 0.3) is 0 Å². The molecule has 0 aliphatic rings. The van der Waals surface area contributed by atoms with E-state index >= 15 is 0 Å². The second-order valence-corrected chi connectivity index (χ2v) is 5.34. The van der Waals surface area contributed by atoms with Crippen molar-refractivity contribution in [1.82, 2.24) is 15.5 Å². The van der Waals surface area contributed by atoms with Crippen LogP contribution in [0.1, 0.15) is 37.5 Å². The van der Waals surface area contributed by atoms with Crippen LogP contribution >= 0.6 is 11.6 Å². The van der Waals surface area contributed by atoms with E-state index in [2.05, 4.69) is 29.3 Å². The van der Waals surface area contributed by atoms with Crippen molar-refractivity contribution >= 4 is 11.6 Å². The van der Waals surface area contributed by atoms with Gasteiger partial charge in [-0.25, -0.2) is 0 Å². The van der Waals surface area contributed by atoms with Crippen LogP contribution in [0.4, 0.5) is 0 Å². The molecular formula is C15H20ClN3O. The van der Waals surface area contributed by atoms with Gasteiger partial charge in [0.15, 0.2) is 5.82 Å². The van der Waals surface area contributed by atoms with Gasteiger partial charge in [-0.05, 0) is 37.6 Å². The zero-order chi connectivity index (χ0) is 14.4. The molecule has 0 saturated carbocycles. The summed E-state index contributed by atoms with van der Waals surface area (Å²) in [6.07, 6.45) is 2.44. The second kappa shape index (κ2) is 7.41. The molecule has 2 rings (SSSR count). The molecule has 1 heterocycles. The quantitative estimate of drug-likeness (QED) is 0.851. The molecule has 0 spiro atoms. The third kappa shape index (κ3) is 4.62. The average Bonchev–Trinajstić information content (AvgIpc) is 2.84. The Bertz CT molecular complexity index is 541. The smallest absolute Gasteiger partial charge is 0.226 e. The van der Waals surface area contributed by atoms with Crippen molar-refractivity contribution in [2.45, 2.75) is 39.2 Å². The molecule has 0 radical (unpaired) electrons. The first-order valence-electron chi connectivity index (χ1n) is 6.96. The lowest BCUT2D eigenvalue weighted by molar-refractivity contribution is 0.363. The van der Waals surface area contributed by atoms with Crippen molar-refractivity contribution in [1.29, 1.82) is 0 Å². The number of nitrogens with zero attached hydrogens (tertiary/aromatic N) is 2. The predicted octanol–water partition coefficient (Wildman–Crippen LogP) is 3.24. The van der Waals surface area contributed by atoms with Crippen LogP contribution < -0.4 is 5.32 Å². The van der Waals surface area contributed by atoms with Gasteiger partial charge in [-0.1, -0.05) is 35.8 Å². The zero-order valence-electron chi connectivity index (χ0n) is 11.9. The molecule has 0 fully saturated rings. The lowest BCUT2D eigenvalue weighted by Crippen LogP contribution is -2.25. The summed E-state index contributed by atoms with van der Waals surface area (Å²) in [6, 6.07) is 8.18. The highest BCUT2D eigenvalue weighted by Crippen LogP contribution is 2.14. The fourth-order valence-electron chi connectivity index (χ4n) is 2.08. The highest BCUT2D eigenvalue weighted by molar-refractivity contribution is 6.30. The number of rotatable bonds is 7. The van der Waals surface area contributed by atoms with Gasteiger partial charge in [0.1, 0.15) is 0 Å². The fraction of sp³-hybridized carbons (Fsp3) is 0.467. The molecular weight excluding hydrogens is 274 g/mol. The molecule has 0 bridgehead atoms. The maximum atomic E-state index is 5.96. The molecule has 1 unspecified atom stereocenters. The summed E-state index contributed by atoms with van der Waals surface area (Å²) in [6.45, 7) is 5.24. The Labute approximate surface area is 124 Å². The van der Waals surface area contributed by atoms with Gasteiger partial charge < -0.3 is 9.84 Å². The number of benzene rings is 1. The number of hydrogen-bond acceptors (Lipinski definition) is 4. The molecule has 0 amide bonds. The molecule has 0 aliphatic carbocycles. The van der Waals surface area contributed by atoms with Gasteiger partial charge in [-0.2, -0.15) is 4.98 Å². The number of nitrogens with one attached hydrogen (secondary N) is 1. The van der Waals surface area contributed by atoms with Gasteiger partial charge in [0, 0.05) is 23.9 Å². The van der Waals surface area contributed by atoms with Gasteiger partial charge in [-0.15, -0.1) is 0 Å². The Morgan fingerprint density at radius 2 is 2.25 bits per heavy atom. The summed E-state index contributed by atoms with van der Waals surface area (Å²) in [5.41, 5.74) is 1.09. The Balaban J connectivity index is 1.89. The Morgan fingerprint density at radius 1 is 1.40 bits per heavy atom. The van der Waals surface area contributed by atoms with Gasteiger partial charge in [0.2, 0.25) is 5.89 Å². The number of halogens is 1. The van der Waals surface area contributed by atoms with E-state index < -0.39 is 0 Å². The molecule has 4 nitrogen and oxygen atoms in total. The maximum Gasteiger partial charge on any atom is 0.226 e. The first-order valence-corrected chi connectivity index (χ1v) is 7.34. The minimum atomic E-state index is 0.461. The molecule has 1 aromatic heterocycles. The molecule has 20 heavy (non-hydrogen) atoms. The summed E-state index contributed by atoms with van der Waals surface area (Å²) in [5, 5.41) is 8.11. The van der Waals surface area contributed by atoms with Crippen LogP contribution in [0.25, 0.3) is 0 Å². The van der Waals surface area contributed by atoms with Crippen molar-refractivity contribution in [2.24, 2.45) is 0 Å². The highest BCUT2D eigenvalue weighted by Gasteiger charge is 2.09. The zero-order valence-corrected chi connectivity index (χ0v) is 12.7. The largest absolute Gasteiger partial charge is 0.339 e. The summed E-state index contributed by atoms with van der Waals surface area (Å²) in [7, 11) is 0. The first-order chi connectivity index (χ1) is 9.67. The van der Waals surface area contributed by atoms with Crippen LogP contribution in [0.5, 0.6) is 0 Å².